The maximum absolute atomic E-state index is 12.6. The smallest absolute Gasteiger partial charge is 0.257 e. The molecule has 0 saturated carbocycles. The molecule has 0 aliphatic carbocycles. The molecule has 4 aromatic rings. The molecule has 3 aromatic carbocycles. The number of aromatic hydroxyl groups is 1. The van der Waals surface area contributed by atoms with Crippen molar-refractivity contribution in [2.45, 2.75) is 13.8 Å². The maximum atomic E-state index is 12.6. The van der Waals surface area contributed by atoms with Crippen LogP contribution < -0.4 is 15.4 Å². The fourth-order valence-electron chi connectivity index (χ4n) is 3.23. The molecular weight excluding hydrogens is 442 g/mol. The van der Waals surface area contributed by atoms with Gasteiger partial charge in [-0.2, -0.15) is 0 Å². The summed E-state index contributed by atoms with van der Waals surface area (Å²) in [7, 11) is 0. The van der Waals surface area contributed by atoms with Crippen LogP contribution in [0.15, 0.2) is 60.7 Å². The van der Waals surface area contributed by atoms with Gasteiger partial charge in [0.2, 0.25) is 0 Å². The Morgan fingerprint density at radius 3 is 2.75 bits per heavy atom. The third kappa shape index (κ3) is 4.71. The Bertz CT molecular complexity index is 1280. The molecule has 3 N–H and O–H groups in total. The van der Waals surface area contributed by atoms with Gasteiger partial charge in [0, 0.05) is 11.3 Å². The Kier molecular flexibility index (Phi) is 6.34. The van der Waals surface area contributed by atoms with E-state index in [0.717, 1.165) is 10.2 Å². The molecule has 6 nitrogen and oxygen atoms in total. The van der Waals surface area contributed by atoms with Crippen LogP contribution in [0.4, 0.5) is 5.69 Å². The molecule has 0 aliphatic rings. The Morgan fingerprint density at radius 2 is 1.97 bits per heavy atom. The Balaban J connectivity index is 1.53. The predicted molar refractivity (Wildman–Crippen MR) is 133 cm³/mol. The van der Waals surface area contributed by atoms with Crippen LogP contribution in [-0.2, 0) is 0 Å². The van der Waals surface area contributed by atoms with Gasteiger partial charge in [-0.05, 0) is 74.1 Å². The second-order valence-electron chi connectivity index (χ2n) is 7.05. The van der Waals surface area contributed by atoms with Gasteiger partial charge in [-0.3, -0.25) is 10.1 Å². The summed E-state index contributed by atoms with van der Waals surface area (Å²) in [6.07, 6.45) is 0. The zero-order valence-electron chi connectivity index (χ0n) is 17.5. The normalized spacial score (nSPS) is 10.7. The molecule has 8 heteroatoms. The summed E-state index contributed by atoms with van der Waals surface area (Å²) < 4.78 is 6.48. The molecule has 4 rings (SSSR count). The van der Waals surface area contributed by atoms with Crippen LogP contribution in [0, 0.1) is 6.92 Å². The van der Waals surface area contributed by atoms with Gasteiger partial charge in [0.15, 0.2) is 5.11 Å². The van der Waals surface area contributed by atoms with Crippen molar-refractivity contribution in [1.82, 2.24) is 10.3 Å². The van der Waals surface area contributed by atoms with Gasteiger partial charge < -0.3 is 15.2 Å². The number of aryl methyl sites for hydroxylation is 1. The van der Waals surface area contributed by atoms with Gasteiger partial charge in [0.25, 0.3) is 5.91 Å². The van der Waals surface area contributed by atoms with Gasteiger partial charge >= 0.3 is 0 Å². The number of amides is 1. The number of anilines is 1. The van der Waals surface area contributed by atoms with Gasteiger partial charge in [0.05, 0.1) is 22.4 Å². The fourth-order valence-corrected chi connectivity index (χ4v) is 4.43. The molecule has 0 radical (unpaired) electrons. The van der Waals surface area contributed by atoms with E-state index in [1.165, 1.54) is 11.3 Å². The number of ether oxygens (including phenoxy) is 1. The van der Waals surface area contributed by atoms with Crippen LogP contribution in [0.3, 0.4) is 0 Å². The lowest BCUT2D eigenvalue weighted by molar-refractivity contribution is 0.0977. The molecule has 1 amide bonds. The average Bonchev–Trinajstić information content (AvgIpc) is 3.20. The van der Waals surface area contributed by atoms with Crippen LogP contribution in [-0.4, -0.2) is 27.7 Å². The van der Waals surface area contributed by atoms with Gasteiger partial charge in [-0.15, -0.1) is 11.3 Å². The summed E-state index contributed by atoms with van der Waals surface area (Å²) in [6.45, 7) is 4.20. The molecule has 0 saturated heterocycles. The van der Waals surface area contributed by atoms with Gasteiger partial charge in [-0.25, -0.2) is 4.98 Å². The molecular formula is C24H21N3O3S2. The first-order chi connectivity index (χ1) is 15.4. The summed E-state index contributed by atoms with van der Waals surface area (Å²) in [6, 6.07) is 18.3. The summed E-state index contributed by atoms with van der Waals surface area (Å²) in [4.78, 5) is 17.2. The standard InChI is InChI=1S/C24H21N3O3S2/c1-3-30-17-8-6-7-15(12-17)22(29)27-24(31)25-16-11-14(2)21(28)18(13-16)23-26-19-9-4-5-10-20(19)32-23/h4-13,28H,3H2,1-2H3,(H2,25,27,29,31). The number of phenolic OH excluding ortho intramolecular Hbond substituents is 1. The number of benzene rings is 3. The van der Waals surface area contributed by atoms with E-state index < -0.39 is 0 Å². The van der Waals surface area contributed by atoms with Crippen molar-refractivity contribution < 1.29 is 14.6 Å². The highest BCUT2D eigenvalue weighted by atomic mass is 32.1. The van der Waals surface area contributed by atoms with Crippen molar-refractivity contribution in [3.05, 3.63) is 71.8 Å². The Morgan fingerprint density at radius 1 is 1.16 bits per heavy atom. The summed E-state index contributed by atoms with van der Waals surface area (Å²) >= 11 is 6.84. The molecule has 162 valence electrons. The van der Waals surface area contributed by atoms with Crippen LogP contribution in [0.1, 0.15) is 22.8 Å². The number of nitrogens with one attached hydrogen (secondary N) is 2. The van der Waals surface area contributed by atoms with Crippen molar-refractivity contribution in [2.75, 3.05) is 11.9 Å². The number of thiazole rings is 1. The summed E-state index contributed by atoms with van der Waals surface area (Å²) in [5.74, 6) is 0.442. The second-order valence-corrected chi connectivity index (χ2v) is 8.48. The Hall–Kier alpha value is -3.49. The van der Waals surface area contributed by atoms with E-state index in [-0.39, 0.29) is 16.8 Å². The van der Waals surface area contributed by atoms with Crippen molar-refractivity contribution in [3.63, 3.8) is 0 Å². The lowest BCUT2D eigenvalue weighted by Gasteiger charge is -2.13. The van der Waals surface area contributed by atoms with E-state index in [2.05, 4.69) is 15.6 Å². The minimum atomic E-state index is -0.342. The van der Waals surface area contributed by atoms with Crippen LogP contribution in [0.5, 0.6) is 11.5 Å². The fraction of sp³-hybridized carbons (Fsp3) is 0.125. The highest BCUT2D eigenvalue weighted by molar-refractivity contribution is 7.80. The second kappa shape index (κ2) is 9.33. The zero-order chi connectivity index (χ0) is 22.7. The van der Waals surface area contributed by atoms with Gasteiger partial charge in [-0.1, -0.05) is 18.2 Å². The van der Waals surface area contributed by atoms with Crippen LogP contribution in [0.25, 0.3) is 20.8 Å². The third-order valence-corrected chi connectivity index (χ3v) is 5.99. The first-order valence-corrected chi connectivity index (χ1v) is 11.2. The van der Waals surface area contributed by atoms with Crippen molar-refractivity contribution in [1.29, 1.82) is 0 Å². The maximum Gasteiger partial charge on any atom is 0.257 e. The Labute approximate surface area is 194 Å². The number of thiocarbonyl (C=S) groups is 1. The quantitative estimate of drug-likeness (QED) is 0.268. The number of aromatic nitrogens is 1. The number of carbonyl (C=O) groups excluding carboxylic acids is 1. The molecule has 0 fully saturated rings. The van der Waals surface area contributed by atoms with Crippen LogP contribution in [0.2, 0.25) is 0 Å². The van der Waals surface area contributed by atoms with Crippen molar-refractivity contribution >= 4 is 50.5 Å². The van der Waals surface area contributed by atoms with E-state index in [0.29, 0.717) is 39.7 Å². The van der Waals surface area contributed by atoms with Crippen LogP contribution >= 0.6 is 23.6 Å². The van der Waals surface area contributed by atoms with E-state index in [9.17, 15) is 9.90 Å². The number of rotatable bonds is 5. The monoisotopic (exact) mass is 463 g/mol. The average molecular weight is 464 g/mol. The van der Waals surface area contributed by atoms with Gasteiger partial charge in [0.1, 0.15) is 16.5 Å². The molecule has 0 aliphatic heterocycles. The number of phenols is 1. The molecule has 0 bridgehead atoms. The highest BCUT2D eigenvalue weighted by Crippen LogP contribution is 2.38. The summed E-state index contributed by atoms with van der Waals surface area (Å²) in [5.41, 5.74) is 3.23. The van der Waals surface area contributed by atoms with Crippen molar-refractivity contribution in [3.8, 4) is 22.1 Å². The number of para-hydroxylation sites is 1. The highest BCUT2D eigenvalue weighted by Gasteiger charge is 2.15. The number of carbonyl (C=O) groups is 1. The summed E-state index contributed by atoms with van der Waals surface area (Å²) in [5, 5.41) is 17.2. The zero-order valence-corrected chi connectivity index (χ0v) is 19.1. The molecule has 1 heterocycles. The van der Waals surface area contributed by atoms with E-state index >= 15 is 0 Å². The molecule has 0 unspecified atom stereocenters. The van der Waals surface area contributed by atoms with E-state index in [1.807, 2.05) is 31.2 Å². The largest absolute Gasteiger partial charge is 0.507 e. The number of hydrogen-bond donors (Lipinski definition) is 3. The topological polar surface area (TPSA) is 83.5 Å². The molecule has 1 aromatic heterocycles. The third-order valence-electron chi connectivity index (χ3n) is 4.72. The first-order valence-electron chi connectivity index (χ1n) is 9.99. The molecule has 0 atom stereocenters. The predicted octanol–water partition coefficient (Wildman–Crippen LogP) is 5.50. The number of hydrogen-bond acceptors (Lipinski definition) is 6. The molecule has 0 spiro atoms. The SMILES string of the molecule is CCOc1cccc(C(=O)NC(=S)Nc2cc(C)c(O)c(-c3nc4ccccc4s3)c2)c1. The lowest BCUT2D eigenvalue weighted by atomic mass is 10.1. The lowest BCUT2D eigenvalue weighted by Crippen LogP contribution is -2.34. The van der Waals surface area contributed by atoms with E-state index in [1.54, 1.807) is 43.3 Å². The van der Waals surface area contributed by atoms with Crippen molar-refractivity contribution in [2.24, 2.45) is 0 Å². The first kappa shape index (κ1) is 21.7. The minimum absolute atomic E-state index is 0.150. The number of fused-ring (bicyclic) bond motifs is 1. The molecule has 32 heavy (non-hydrogen) atoms. The number of nitrogens with zero attached hydrogens (tertiary/aromatic N) is 1. The van der Waals surface area contributed by atoms with E-state index in [4.69, 9.17) is 17.0 Å². The minimum Gasteiger partial charge on any atom is -0.507 e.